The normalized spacial score (nSPS) is 11.1. The van der Waals surface area contributed by atoms with E-state index in [9.17, 15) is 18.8 Å². The Bertz CT molecular complexity index is 1150. The van der Waals surface area contributed by atoms with Gasteiger partial charge in [-0.15, -0.1) is 11.3 Å². The lowest BCUT2D eigenvalue weighted by atomic mass is 10.2. The van der Waals surface area contributed by atoms with Gasteiger partial charge in [-0.2, -0.15) is 0 Å². The first kappa shape index (κ1) is 19.8. The third kappa shape index (κ3) is 3.45. The molecule has 2 aromatic heterocycles. The highest BCUT2D eigenvalue weighted by Gasteiger charge is 2.25. The largest absolute Gasteiger partial charge is 0.383 e. The second-order valence-corrected chi connectivity index (χ2v) is 7.39. The Kier molecular flexibility index (Phi) is 5.64. The Labute approximate surface area is 164 Å². The molecule has 148 valence electrons. The molecule has 0 radical (unpaired) electrons. The molecular formula is C19H21FN4O3S. The van der Waals surface area contributed by atoms with Gasteiger partial charge in [0.05, 0.1) is 4.88 Å². The number of anilines is 2. The maximum atomic E-state index is 14.0. The van der Waals surface area contributed by atoms with Crippen molar-refractivity contribution in [2.24, 2.45) is 0 Å². The van der Waals surface area contributed by atoms with Crippen molar-refractivity contribution < 1.29 is 9.18 Å². The van der Waals surface area contributed by atoms with E-state index in [-0.39, 0.29) is 22.9 Å². The summed E-state index contributed by atoms with van der Waals surface area (Å²) in [5, 5.41) is 0.349. The number of halogens is 1. The van der Waals surface area contributed by atoms with Gasteiger partial charge < -0.3 is 10.6 Å². The molecule has 1 aromatic carbocycles. The van der Waals surface area contributed by atoms with E-state index in [2.05, 4.69) is 4.98 Å². The highest BCUT2D eigenvalue weighted by Crippen LogP contribution is 2.30. The van der Waals surface area contributed by atoms with Gasteiger partial charge in [-0.3, -0.25) is 19.1 Å². The van der Waals surface area contributed by atoms with Crippen molar-refractivity contribution in [1.82, 2.24) is 9.55 Å². The number of H-pyrrole nitrogens is 1. The monoisotopic (exact) mass is 404 g/mol. The summed E-state index contributed by atoms with van der Waals surface area (Å²) in [7, 11) is 0. The predicted molar refractivity (Wildman–Crippen MR) is 110 cm³/mol. The van der Waals surface area contributed by atoms with Crippen LogP contribution in [0.15, 0.2) is 33.9 Å². The zero-order valence-electron chi connectivity index (χ0n) is 15.6. The lowest BCUT2D eigenvalue weighted by Gasteiger charge is -2.22. The van der Waals surface area contributed by atoms with Crippen LogP contribution in [0.25, 0.3) is 10.1 Å². The van der Waals surface area contributed by atoms with Gasteiger partial charge in [0.15, 0.2) is 5.69 Å². The van der Waals surface area contributed by atoms with Crippen LogP contribution in [0.1, 0.15) is 36.4 Å². The Morgan fingerprint density at radius 1 is 1.32 bits per heavy atom. The third-order valence-corrected chi connectivity index (χ3v) is 5.59. The van der Waals surface area contributed by atoms with Crippen LogP contribution in [0.3, 0.4) is 0 Å². The van der Waals surface area contributed by atoms with E-state index in [1.807, 2.05) is 6.92 Å². The molecule has 0 spiro atoms. The maximum absolute atomic E-state index is 14.0. The summed E-state index contributed by atoms with van der Waals surface area (Å²) in [5.74, 6) is -0.938. The molecule has 0 bridgehead atoms. The first-order valence-electron chi connectivity index (χ1n) is 9.01. The molecule has 1 amide bonds. The number of aromatic amines is 1. The SMILES string of the molecule is CCCCn1c(N)c(N(CC)C(=O)c2cc3c(F)cccc3s2)c(=O)[nH]c1=O. The van der Waals surface area contributed by atoms with Crippen LogP contribution in [-0.2, 0) is 6.54 Å². The fourth-order valence-electron chi connectivity index (χ4n) is 3.04. The van der Waals surface area contributed by atoms with Crippen molar-refractivity contribution in [3.8, 4) is 0 Å². The Hall–Kier alpha value is -2.94. The molecule has 0 fully saturated rings. The quantitative estimate of drug-likeness (QED) is 0.659. The summed E-state index contributed by atoms with van der Waals surface area (Å²) in [6, 6.07) is 6.10. The fourth-order valence-corrected chi connectivity index (χ4v) is 4.07. The number of nitrogen functional groups attached to an aromatic ring is 1. The van der Waals surface area contributed by atoms with E-state index in [1.54, 1.807) is 19.1 Å². The number of nitrogens with two attached hydrogens (primary N) is 1. The summed E-state index contributed by atoms with van der Waals surface area (Å²) >= 11 is 1.14. The van der Waals surface area contributed by atoms with Gasteiger partial charge in [0.1, 0.15) is 11.6 Å². The molecule has 0 aliphatic rings. The highest BCUT2D eigenvalue weighted by atomic mass is 32.1. The Balaban J connectivity index is 2.09. The van der Waals surface area contributed by atoms with E-state index in [4.69, 9.17) is 5.73 Å². The molecule has 3 N–H and O–H groups in total. The van der Waals surface area contributed by atoms with E-state index in [0.29, 0.717) is 23.1 Å². The number of nitrogens with one attached hydrogen (secondary N) is 1. The van der Waals surface area contributed by atoms with E-state index >= 15 is 0 Å². The number of aromatic nitrogens is 2. The van der Waals surface area contributed by atoms with Crippen molar-refractivity contribution in [2.75, 3.05) is 17.2 Å². The number of thiophene rings is 1. The van der Waals surface area contributed by atoms with Crippen molar-refractivity contribution >= 4 is 38.8 Å². The second-order valence-electron chi connectivity index (χ2n) is 6.31. The van der Waals surface area contributed by atoms with Crippen LogP contribution >= 0.6 is 11.3 Å². The molecule has 0 saturated carbocycles. The molecule has 0 aliphatic heterocycles. The molecule has 0 saturated heterocycles. The molecule has 3 rings (SSSR count). The van der Waals surface area contributed by atoms with E-state index in [0.717, 1.165) is 17.8 Å². The molecule has 7 nitrogen and oxygen atoms in total. The van der Waals surface area contributed by atoms with Gasteiger partial charge >= 0.3 is 5.69 Å². The molecule has 9 heteroatoms. The number of unbranched alkanes of at least 4 members (excludes halogenated alkanes) is 1. The molecule has 3 aromatic rings. The number of hydrogen-bond acceptors (Lipinski definition) is 5. The average Bonchev–Trinajstić information content (AvgIpc) is 3.10. The summed E-state index contributed by atoms with van der Waals surface area (Å²) in [4.78, 5) is 41.4. The van der Waals surface area contributed by atoms with Crippen molar-refractivity contribution in [3.05, 3.63) is 55.8 Å². The van der Waals surface area contributed by atoms with Crippen LogP contribution in [0.2, 0.25) is 0 Å². The number of rotatable bonds is 6. The van der Waals surface area contributed by atoms with Crippen molar-refractivity contribution in [2.45, 2.75) is 33.2 Å². The standard InChI is InChI=1S/C19H21FN4O3S/c1-3-5-9-24-16(21)15(17(25)22-19(24)27)23(4-2)18(26)14-10-11-12(20)7-6-8-13(11)28-14/h6-8,10H,3-5,9,21H2,1-2H3,(H,22,25,27). The van der Waals surface area contributed by atoms with Gasteiger partial charge in [0.2, 0.25) is 0 Å². The van der Waals surface area contributed by atoms with Gasteiger partial charge in [0, 0.05) is 23.2 Å². The van der Waals surface area contributed by atoms with Gasteiger partial charge in [0.25, 0.3) is 11.5 Å². The lowest BCUT2D eigenvalue weighted by Crippen LogP contribution is -2.41. The van der Waals surface area contributed by atoms with Crippen LogP contribution in [0.4, 0.5) is 15.9 Å². The lowest BCUT2D eigenvalue weighted by molar-refractivity contribution is 0.0992. The number of hydrogen-bond donors (Lipinski definition) is 2. The molecule has 2 heterocycles. The van der Waals surface area contributed by atoms with E-state index < -0.39 is 23.0 Å². The summed E-state index contributed by atoms with van der Waals surface area (Å²) in [6.45, 7) is 4.17. The molecule has 0 atom stereocenters. The number of nitrogens with zero attached hydrogens (tertiary/aromatic N) is 2. The number of amides is 1. The number of carbonyl (C=O) groups is 1. The minimum atomic E-state index is -0.724. The van der Waals surface area contributed by atoms with Crippen LogP contribution in [-0.4, -0.2) is 22.0 Å². The summed E-state index contributed by atoms with van der Waals surface area (Å²) in [6.07, 6.45) is 1.54. The number of carbonyl (C=O) groups excluding carboxylic acids is 1. The number of fused-ring (bicyclic) bond motifs is 1. The topological polar surface area (TPSA) is 101 Å². The smallest absolute Gasteiger partial charge is 0.330 e. The van der Waals surface area contributed by atoms with Gasteiger partial charge in [-0.05, 0) is 31.5 Å². The highest BCUT2D eigenvalue weighted by molar-refractivity contribution is 7.20. The molecule has 0 aliphatic carbocycles. The first-order valence-corrected chi connectivity index (χ1v) is 9.83. The first-order chi connectivity index (χ1) is 13.4. The minimum absolute atomic E-state index is 0.0512. The molecule has 0 unspecified atom stereocenters. The third-order valence-electron chi connectivity index (χ3n) is 4.50. The average molecular weight is 404 g/mol. The number of benzene rings is 1. The van der Waals surface area contributed by atoms with Crippen LogP contribution in [0.5, 0.6) is 0 Å². The maximum Gasteiger partial charge on any atom is 0.330 e. The second kappa shape index (κ2) is 7.97. The van der Waals surface area contributed by atoms with Crippen LogP contribution < -0.4 is 21.9 Å². The van der Waals surface area contributed by atoms with E-state index in [1.165, 1.54) is 21.6 Å². The molecule has 28 heavy (non-hydrogen) atoms. The Morgan fingerprint density at radius 3 is 2.71 bits per heavy atom. The van der Waals surface area contributed by atoms with Gasteiger partial charge in [-0.25, -0.2) is 9.18 Å². The zero-order valence-corrected chi connectivity index (χ0v) is 16.4. The van der Waals surface area contributed by atoms with Gasteiger partial charge in [-0.1, -0.05) is 19.4 Å². The predicted octanol–water partition coefficient (Wildman–Crippen LogP) is 2.94. The van der Waals surface area contributed by atoms with Crippen LogP contribution in [0, 0.1) is 5.82 Å². The Morgan fingerprint density at radius 2 is 2.07 bits per heavy atom. The minimum Gasteiger partial charge on any atom is -0.383 e. The van der Waals surface area contributed by atoms with Crippen molar-refractivity contribution in [3.63, 3.8) is 0 Å². The van der Waals surface area contributed by atoms with Crippen molar-refractivity contribution in [1.29, 1.82) is 0 Å². The fraction of sp³-hybridized carbons (Fsp3) is 0.316. The zero-order chi connectivity index (χ0) is 20.4. The summed E-state index contributed by atoms with van der Waals surface area (Å²) in [5.41, 5.74) is 4.71. The molecular weight excluding hydrogens is 383 g/mol. The summed E-state index contributed by atoms with van der Waals surface area (Å²) < 4.78 is 15.9.